The molecule has 2 aliphatic heterocycles. The highest BCUT2D eigenvalue weighted by atomic mass is 35.5. The van der Waals surface area contributed by atoms with Crippen LogP contribution in [0.3, 0.4) is 0 Å². The van der Waals surface area contributed by atoms with Crippen LogP contribution in [0, 0.1) is 10.1 Å². The molecule has 0 aromatic heterocycles. The number of fused-ring (bicyclic) bond motifs is 1. The van der Waals surface area contributed by atoms with Gasteiger partial charge >= 0.3 is 5.69 Å². The summed E-state index contributed by atoms with van der Waals surface area (Å²) in [6, 6.07) is 9.54. The average molecular weight is 404 g/mol. The van der Waals surface area contributed by atoms with E-state index in [4.69, 9.17) is 16.3 Å². The lowest BCUT2D eigenvalue weighted by atomic mass is 10.0. The number of phenolic OH excluding ortho intramolecular Hbond substituents is 1. The number of carbonyl (C=O) groups is 1. The fourth-order valence-corrected chi connectivity index (χ4v) is 3.91. The Hall–Kier alpha value is -2.84. The first kappa shape index (κ1) is 18.5. The Bertz CT molecular complexity index is 945. The van der Waals surface area contributed by atoms with Crippen LogP contribution in [0.15, 0.2) is 36.4 Å². The van der Waals surface area contributed by atoms with E-state index in [1.54, 1.807) is 24.3 Å². The molecule has 1 saturated heterocycles. The van der Waals surface area contributed by atoms with Gasteiger partial charge in [-0.3, -0.25) is 14.9 Å². The van der Waals surface area contributed by atoms with Gasteiger partial charge in [0.2, 0.25) is 5.75 Å². The summed E-state index contributed by atoms with van der Waals surface area (Å²) in [5, 5.41) is 25.1. The molecule has 2 aromatic carbocycles. The van der Waals surface area contributed by atoms with Gasteiger partial charge in [0.05, 0.1) is 16.6 Å². The molecule has 0 spiro atoms. The van der Waals surface area contributed by atoms with Crippen LogP contribution in [0.1, 0.15) is 34.9 Å². The minimum atomic E-state index is -0.816. The van der Waals surface area contributed by atoms with Crippen molar-refractivity contribution in [3.63, 3.8) is 0 Å². The summed E-state index contributed by atoms with van der Waals surface area (Å²) in [6.07, 6.45) is 0.786. The molecule has 4 rings (SSSR count). The Balaban J connectivity index is 1.81. The summed E-state index contributed by atoms with van der Waals surface area (Å²) in [6.45, 7) is 0.930. The van der Waals surface area contributed by atoms with Crippen LogP contribution in [0.2, 0.25) is 5.02 Å². The molecule has 2 aromatic rings. The van der Waals surface area contributed by atoms with Crippen LogP contribution in [-0.2, 0) is 4.74 Å². The van der Waals surface area contributed by atoms with Crippen LogP contribution in [0.4, 0.5) is 11.4 Å². The molecule has 0 aliphatic carbocycles. The van der Waals surface area contributed by atoms with Gasteiger partial charge in [0.15, 0.2) is 0 Å². The number of nitrogens with zero attached hydrogens (tertiary/aromatic N) is 2. The number of amides is 1. The van der Waals surface area contributed by atoms with Gasteiger partial charge in [-0.05, 0) is 31.0 Å². The van der Waals surface area contributed by atoms with E-state index in [1.807, 2.05) is 0 Å². The van der Waals surface area contributed by atoms with E-state index in [0.29, 0.717) is 24.4 Å². The van der Waals surface area contributed by atoms with Crippen molar-refractivity contribution in [1.82, 2.24) is 4.90 Å². The van der Waals surface area contributed by atoms with E-state index in [0.717, 1.165) is 18.9 Å². The third-order valence-corrected chi connectivity index (χ3v) is 5.24. The number of anilines is 1. The summed E-state index contributed by atoms with van der Waals surface area (Å²) < 4.78 is 5.67. The zero-order valence-corrected chi connectivity index (χ0v) is 15.6. The number of carbonyl (C=O) groups excluding carboxylic acids is 1. The molecular formula is C19H18ClN3O5. The first-order valence-electron chi connectivity index (χ1n) is 8.90. The van der Waals surface area contributed by atoms with E-state index >= 15 is 0 Å². The predicted octanol–water partition coefficient (Wildman–Crippen LogP) is 3.70. The van der Waals surface area contributed by atoms with Crippen molar-refractivity contribution in [3.8, 4) is 5.75 Å². The summed E-state index contributed by atoms with van der Waals surface area (Å²) >= 11 is 6.07. The van der Waals surface area contributed by atoms with Gasteiger partial charge in [-0.15, -0.1) is 0 Å². The predicted molar refractivity (Wildman–Crippen MR) is 103 cm³/mol. The zero-order chi connectivity index (χ0) is 19.8. The van der Waals surface area contributed by atoms with Crippen LogP contribution in [0.25, 0.3) is 0 Å². The molecule has 2 aliphatic rings. The first-order valence-corrected chi connectivity index (χ1v) is 9.28. The number of phenols is 1. The Labute approximate surface area is 165 Å². The van der Waals surface area contributed by atoms with Crippen LogP contribution < -0.4 is 5.32 Å². The van der Waals surface area contributed by atoms with E-state index in [1.165, 1.54) is 11.0 Å². The summed E-state index contributed by atoms with van der Waals surface area (Å²) in [7, 11) is 0. The van der Waals surface area contributed by atoms with Gasteiger partial charge in [-0.1, -0.05) is 23.7 Å². The number of ether oxygens (including phenoxy) is 1. The van der Waals surface area contributed by atoms with Gasteiger partial charge in [0, 0.05) is 35.5 Å². The highest BCUT2D eigenvalue weighted by molar-refractivity contribution is 6.31. The molecule has 8 nitrogen and oxygen atoms in total. The minimum Gasteiger partial charge on any atom is -0.502 e. The number of nitrogens with one attached hydrogen (secondary N) is 1. The summed E-state index contributed by atoms with van der Waals surface area (Å²) in [4.78, 5) is 25.3. The molecule has 0 bridgehead atoms. The van der Waals surface area contributed by atoms with E-state index in [9.17, 15) is 20.0 Å². The lowest BCUT2D eigenvalue weighted by Gasteiger charge is -2.39. The smallest absolute Gasteiger partial charge is 0.312 e. The highest BCUT2D eigenvalue weighted by Gasteiger charge is 2.37. The van der Waals surface area contributed by atoms with Crippen molar-refractivity contribution in [2.24, 2.45) is 0 Å². The quantitative estimate of drug-likeness (QED) is 0.595. The third kappa shape index (κ3) is 3.25. The monoisotopic (exact) mass is 403 g/mol. The molecule has 0 unspecified atom stereocenters. The van der Waals surface area contributed by atoms with Crippen LogP contribution in [0.5, 0.6) is 5.75 Å². The topological polar surface area (TPSA) is 105 Å². The summed E-state index contributed by atoms with van der Waals surface area (Å²) in [5.41, 5.74) is 0.739. The maximum absolute atomic E-state index is 13.2. The molecule has 1 fully saturated rings. The second-order valence-corrected chi connectivity index (χ2v) is 7.24. The standard InChI is InChI=1S/C19H18ClN3O5/c20-11-8-14(17(24)16(9-11)23(26)27)18-21-15-6-2-1-5-13(15)19(25)22(18)10-12-4-3-7-28-12/h1-2,5-6,8-9,12,18,21,24H,3-4,7,10H2/t12-,18-/m1/s1. The first-order chi connectivity index (χ1) is 13.5. The molecule has 1 amide bonds. The van der Waals surface area contributed by atoms with Crippen LogP contribution >= 0.6 is 11.6 Å². The van der Waals surface area contributed by atoms with Crippen molar-refractivity contribution in [2.45, 2.75) is 25.1 Å². The Morgan fingerprint density at radius 3 is 2.86 bits per heavy atom. The van der Waals surface area contributed by atoms with E-state index in [-0.39, 0.29) is 22.6 Å². The fraction of sp³-hybridized carbons (Fsp3) is 0.316. The normalized spacial score (nSPS) is 21.3. The molecule has 9 heteroatoms. The largest absolute Gasteiger partial charge is 0.502 e. The van der Waals surface area contributed by atoms with Gasteiger partial charge in [-0.2, -0.15) is 0 Å². The zero-order valence-electron chi connectivity index (χ0n) is 14.8. The number of nitro benzene ring substituents is 1. The number of hydrogen-bond acceptors (Lipinski definition) is 6. The average Bonchev–Trinajstić information content (AvgIpc) is 3.18. The Morgan fingerprint density at radius 2 is 2.14 bits per heavy atom. The van der Waals surface area contributed by atoms with E-state index in [2.05, 4.69) is 5.32 Å². The third-order valence-electron chi connectivity index (χ3n) is 5.02. The maximum atomic E-state index is 13.2. The second kappa shape index (κ2) is 7.29. The van der Waals surface area contributed by atoms with Gasteiger partial charge in [0.25, 0.3) is 5.91 Å². The lowest BCUT2D eigenvalue weighted by Crippen LogP contribution is -2.46. The van der Waals surface area contributed by atoms with Crippen molar-refractivity contribution < 1.29 is 19.6 Å². The highest BCUT2D eigenvalue weighted by Crippen LogP contribution is 2.42. The minimum absolute atomic E-state index is 0.102. The number of nitro groups is 1. The molecule has 28 heavy (non-hydrogen) atoms. The molecule has 0 saturated carbocycles. The van der Waals surface area contributed by atoms with E-state index < -0.39 is 22.5 Å². The lowest BCUT2D eigenvalue weighted by molar-refractivity contribution is -0.386. The number of benzene rings is 2. The molecule has 0 radical (unpaired) electrons. The maximum Gasteiger partial charge on any atom is 0.312 e. The number of aromatic hydroxyl groups is 1. The Morgan fingerprint density at radius 1 is 1.36 bits per heavy atom. The van der Waals surface area contributed by atoms with Gasteiger partial charge in [-0.25, -0.2) is 0 Å². The van der Waals surface area contributed by atoms with Crippen LogP contribution in [-0.4, -0.2) is 40.1 Å². The van der Waals surface area contributed by atoms with Gasteiger partial charge in [0.1, 0.15) is 6.17 Å². The molecular weight excluding hydrogens is 386 g/mol. The Kier molecular flexibility index (Phi) is 4.82. The second-order valence-electron chi connectivity index (χ2n) is 6.80. The summed E-state index contributed by atoms with van der Waals surface area (Å²) in [5.74, 6) is -0.756. The number of halogens is 1. The molecule has 2 N–H and O–H groups in total. The van der Waals surface area contributed by atoms with Crippen molar-refractivity contribution in [2.75, 3.05) is 18.5 Å². The number of rotatable bonds is 4. The van der Waals surface area contributed by atoms with Crippen molar-refractivity contribution in [3.05, 3.63) is 62.7 Å². The SMILES string of the molecule is O=C1c2ccccc2N[C@@H](c2cc(Cl)cc([N+](=O)[O-])c2O)N1C[C@H]1CCCO1. The molecule has 2 atom stereocenters. The van der Waals surface area contributed by atoms with Crippen molar-refractivity contribution in [1.29, 1.82) is 0 Å². The molecule has 146 valence electrons. The van der Waals surface area contributed by atoms with Crippen molar-refractivity contribution >= 4 is 28.9 Å². The number of hydrogen-bond donors (Lipinski definition) is 2. The number of para-hydroxylation sites is 1. The molecule has 2 heterocycles. The van der Waals surface area contributed by atoms with Gasteiger partial charge < -0.3 is 20.1 Å². The fourth-order valence-electron chi connectivity index (χ4n) is 3.69.